The molecule has 0 fully saturated rings. The Bertz CT molecular complexity index is 696. The van der Waals surface area contributed by atoms with Crippen LogP contribution in [-0.4, -0.2) is 21.7 Å². The second kappa shape index (κ2) is 6.84. The summed E-state index contributed by atoms with van der Waals surface area (Å²) in [7, 11) is 0. The summed E-state index contributed by atoms with van der Waals surface area (Å²) in [5.74, 6) is 1.82. The summed E-state index contributed by atoms with van der Waals surface area (Å²) in [6.45, 7) is 0.593. The lowest BCUT2D eigenvalue weighted by molar-refractivity contribution is 0.424. The Morgan fingerprint density at radius 2 is 2.05 bits per heavy atom. The third kappa shape index (κ3) is 3.69. The minimum atomic E-state index is 0.471. The van der Waals surface area contributed by atoms with Gasteiger partial charge in [0.15, 0.2) is 5.82 Å². The molecule has 0 radical (unpaired) electrons. The molecule has 0 atom stereocenters. The first kappa shape index (κ1) is 14.2. The first-order valence-corrected chi connectivity index (χ1v) is 8.37. The molecule has 0 aliphatic heterocycles. The predicted molar refractivity (Wildman–Crippen MR) is 84.2 cm³/mol. The van der Waals surface area contributed by atoms with Crippen molar-refractivity contribution in [3.05, 3.63) is 46.5 Å². The zero-order valence-corrected chi connectivity index (χ0v) is 12.9. The fourth-order valence-electron chi connectivity index (χ4n) is 1.73. The monoisotopic (exact) mass is 318 g/mol. The molecule has 0 unspecified atom stereocenters. The molecule has 108 valence electrons. The van der Waals surface area contributed by atoms with Crippen LogP contribution in [0.2, 0.25) is 0 Å². The second-order valence-electron chi connectivity index (χ2n) is 4.28. The molecule has 0 bridgehead atoms. The zero-order valence-electron chi connectivity index (χ0n) is 11.2. The molecule has 0 amide bonds. The van der Waals surface area contributed by atoms with Gasteiger partial charge in [0.25, 0.3) is 5.89 Å². The van der Waals surface area contributed by atoms with E-state index in [9.17, 15) is 0 Å². The molecular weight excluding hydrogens is 304 g/mol. The first-order valence-electron chi connectivity index (χ1n) is 6.50. The van der Waals surface area contributed by atoms with Gasteiger partial charge in [-0.1, -0.05) is 23.4 Å². The average molecular weight is 318 g/mol. The Morgan fingerprint density at radius 3 is 2.86 bits per heavy atom. The summed E-state index contributed by atoms with van der Waals surface area (Å²) >= 11 is 3.24. The van der Waals surface area contributed by atoms with Crippen LogP contribution in [0.25, 0.3) is 11.6 Å². The normalized spacial score (nSPS) is 10.9. The third-order valence-corrected chi connectivity index (χ3v) is 4.62. The number of nitrogens with zero attached hydrogens (tertiary/aromatic N) is 3. The van der Waals surface area contributed by atoms with Crippen molar-refractivity contribution in [2.45, 2.75) is 17.1 Å². The fraction of sp³-hybridized carbons (Fsp3) is 0.214. The molecule has 0 spiro atoms. The minimum absolute atomic E-state index is 0.471. The van der Waals surface area contributed by atoms with Gasteiger partial charge in [-0.05, 0) is 18.7 Å². The first-order chi connectivity index (χ1) is 10.3. The van der Waals surface area contributed by atoms with E-state index in [4.69, 9.17) is 10.3 Å². The van der Waals surface area contributed by atoms with Gasteiger partial charge in [-0.2, -0.15) is 4.98 Å². The van der Waals surface area contributed by atoms with Crippen LogP contribution in [0.3, 0.4) is 0 Å². The van der Waals surface area contributed by atoms with E-state index in [0.717, 1.165) is 17.1 Å². The molecule has 1 aromatic carbocycles. The molecule has 2 aromatic heterocycles. The van der Waals surface area contributed by atoms with Crippen LogP contribution in [0.5, 0.6) is 0 Å². The van der Waals surface area contributed by atoms with Crippen LogP contribution >= 0.6 is 23.1 Å². The Labute approximate surface area is 130 Å². The average Bonchev–Trinajstić information content (AvgIpc) is 3.15. The summed E-state index contributed by atoms with van der Waals surface area (Å²) in [5.41, 5.74) is 6.25. The summed E-state index contributed by atoms with van der Waals surface area (Å²) in [4.78, 5) is 10.0. The Morgan fingerprint density at radius 1 is 1.19 bits per heavy atom. The molecule has 3 rings (SSSR count). The lowest BCUT2D eigenvalue weighted by atomic mass is 10.4. The smallest absolute Gasteiger partial charge is 0.277 e. The van der Waals surface area contributed by atoms with E-state index < -0.39 is 0 Å². The summed E-state index contributed by atoms with van der Waals surface area (Å²) in [6, 6.07) is 10.1. The molecule has 0 aliphatic carbocycles. The third-order valence-electron chi connectivity index (χ3n) is 2.71. The number of thioether (sulfide) groups is 1. The van der Waals surface area contributed by atoms with Gasteiger partial charge in [-0.3, -0.25) is 0 Å². The highest BCUT2D eigenvalue weighted by Gasteiger charge is 2.12. The number of nitrogens with two attached hydrogens (primary N) is 1. The van der Waals surface area contributed by atoms with E-state index in [1.807, 2.05) is 23.6 Å². The van der Waals surface area contributed by atoms with Gasteiger partial charge in [0.1, 0.15) is 5.69 Å². The topological polar surface area (TPSA) is 77.8 Å². The number of aromatic nitrogens is 3. The Kier molecular flexibility index (Phi) is 4.64. The molecule has 0 aliphatic rings. The largest absolute Gasteiger partial charge is 0.332 e. The van der Waals surface area contributed by atoms with Crippen molar-refractivity contribution in [2.24, 2.45) is 5.73 Å². The molecule has 21 heavy (non-hydrogen) atoms. The van der Waals surface area contributed by atoms with Crippen LogP contribution in [-0.2, 0) is 12.2 Å². The van der Waals surface area contributed by atoms with Crippen LogP contribution in [0.1, 0.15) is 10.8 Å². The SMILES string of the molecule is NCCc1nc(-c2nc(CSc3ccccc3)no2)cs1. The van der Waals surface area contributed by atoms with Gasteiger partial charge >= 0.3 is 0 Å². The van der Waals surface area contributed by atoms with Crippen LogP contribution < -0.4 is 5.73 Å². The fourth-order valence-corrected chi connectivity index (χ4v) is 3.28. The van der Waals surface area contributed by atoms with E-state index in [-0.39, 0.29) is 0 Å². The van der Waals surface area contributed by atoms with Gasteiger partial charge in [-0.25, -0.2) is 4.98 Å². The highest BCUT2D eigenvalue weighted by molar-refractivity contribution is 7.98. The summed E-state index contributed by atoms with van der Waals surface area (Å²) < 4.78 is 5.27. The standard InChI is InChI=1S/C14H14N4OS2/c15-7-6-13-16-11(8-21-13)14-17-12(18-19-14)9-20-10-4-2-1-3-5-10/h1-5,8H,6-7,9,15H2. The van der Waals surface area contributed by atoms with Gasteiger partial charge < -0.3 is 10.3 Å². The van der Waals surface area contributed by atoms with Crippen molar-refractivity contribution < 1.29 is 4.52 Å². The van der Waals surface area contributed by atoms with Crippen molar-refractivity contribution in [2.75, 3.05) is 6.54 Å². The molecule has 3 aromatic rings. The van der Waals surface area contributed by atoms with Gasteiger partial charge in [0, 0.05) is 16.7 Å². The van der Waals surface area contributed by atoms with E-state index in [1.165, 1.54) is 4.90 Å². The molecule has 5 nitrogen and oxygen atoms in total. The number of hydrogen-bond donors (Lipinski definition) is 1. The van der Waals surface area contributed by atoms with Crippen molar-refractivity contribution >= 4 is 23.1 Å². The number of hydrogen-bond acceptors (Lipinski definition) is 7. The summed E-state index contributed by atoms with van der Waals surface area (Å²) in [5, 5.41) is 6.91. The van der Waals surface area contributed by atoms with Crippen molar-refractivity contribution in [3.8, 4) is 11.6 Å². The van der Waals surface area contributed by atoms with Crippen molar-refractivity contribution in [1.29, 1.82) is 0 Å². The van der Waals surface area contributed by atoms with Gasteiger partial charge in [-0.15, -0.1) is 23.1 Å². The molecule has 7 heteroatoms. The minimum Gasteiger partial charge on any atom is -0.332 e. The maximum atomic E-state index is 5.52. The second-order valence-corrected chi connectivity index (χ2v) is 6.27. The van der Waals surface area contributed by atoms with Crippen molar-refractivity contribution in [3.63, 3.8) is 0 Å². The van der Waals surface area contributed by atoms with E-state index in [1.54, 1.807) is 23.1 Å². The number of rotatable bonds is 6. The maximum absolute atomic E-state index is 5.52. The van der Waals surface area contributed by atoms with Gasteiger partial charge in [0.05, 0.1) is 10.8 Å². The molecular formula is C14H14N4OS2. The van der Waals surface area contributed by atoms with E-state index in [0.29, 0.717) is 24.0 Å². The van der Waals surface area contributed by atoms with Crippen LogP contribution in [0.4, 0.5) is 0 Å². The highest BCUT2D eigenvalue weighted by Crippen LogP contribution is 2.24. The Hall–Kier alpha value is -1.70. The van der Waals surface area contributed by atoms with Crippen molar-refractivity contribution in [1.82, 2.24) is 15.1 Å². The molecule has 2 heterocycles. The quantitative estimate of drug-likeness (QED) is 0.704. The van der Waals surface area contributed by atoms with E-state index >= 15 is 0 Å². The highest BCUT2D eigenvalue weighted by atomic mass is 32.2. The zero-order chi connectivity index (χ0) is 14.5. The molecule has 0 saturated carbocycles. The summed E-state index contributed by atoms with van der Waals surface area (Å²) in [6.07, 6.45) is 0.773. The Balaban J connectivity index is 1.65. The molecule has 2 N–H and O–H groups in total. The number of thiazole rings is 1. The number of benzene rings is 1. The van der Waals surface area contributed by atoms with Crippen LogP contribution in [0.15, 0.2) is 45.1 Å². The van der Waals surface area contributed by atoms with E-state index in [2.05, 4.69) is 27.3 Å². The molecule has 0 saturated heterocycles. The predicted octanol–water partition coefficient (Wildman–Crippen LogP) is 2.99. The van der Waals surface area contributed by atoms with Gasteiger partial charge in [0.2, 0.25) is 0 Å². The lowest BCUT2D eigenvalue weighted by Gasteiger charge is -1.96. The maximum Gasteiger partial charge on any atom is 0.277 e. The lowest BCUT2D eigenvalue weighted by Crippen LogP contribution is -2.01. The van der Waals surface area contributed by atoms with Crippen LogP contribution in [0, 0.1) is 0 Å².